The van der Waals surface area contributed by atoms with E-state index in [1.807, 2.05) is 37.5 Å². The monoisotopic (exact) mass is 511 g/mol. The fourth-order valence-electron chi connectivity index (χ4n) is 5.25. The lowest BCUT2D eigenvalue weighted by atomic mass is 9.87. The lowest BCUT2D eigenvalue weighted by Gasteiger charge is -2.17. The average molecular weight is 512 g/mol. The topological polar surface area (TPSA) is 12.9 Å². The first kappa shape index (κ1) is 26.9. The summed E-state index contributed by atoms with van der Waals surface area (Å²) in [5, 5.41) is 0. The molecule has 1 nitrogen and oxygen atoms in total. The van der Waals surface area contributed by atoms with E-state index in [4.69, 9.17) is 0 Å². The molecule has 188 valence electrons. The molecular formula is C36H33NS. The van der Waals surface area contributed by atoms with Crippen LogP contribution in [0.3, 0.4) is 0 Å². The number of rotatable bonds is 7. The van der Waals surface area contributed by atoms with Crippen LogP contribution in [0.1, 0.15) is 46.7 Å². The molecule has 38 heavy (non-hydrogen) atoms. The zero-order chi connectivity index (χ0) is 25.8. The number of hydrogen-bond acceptors (Lipinski definition) is 1. The molecule has 0 saturated heterocycles. The molecule has 1 heterocycles. The molecule has 0 atom stereocenters. The summed E-state index contributed by atoms with van der Waals surface area (Å²) in [6, 6.07) is 19.8. The van der Waals surface area contributed by atoms with Crippen molar-refractivity contribution in [1.29, 1.82) is 0 Å². The summed E-state index contributed by atoms with van der Waals surface area (Å²) >= 11 is 0. The fourth-order valence-corrected chi connectivity index (χ4v) is 5.25. The van der Waals surface area contributed by atoms with Crippen molar-refractivity contribution in [3.05, 3.63) is 132 Å². The minimum absolute atomic E-state index is 0. The second kappa shape index (κ2) is 11.9. The van der Waals surface area contributed by atoms with Crippen LogP contribution in [-0.4, -0.2) is 4.98 Å². The van der Waals surface area contributed by atoms with E-state index in [2.05, 4.69) is 104 Å². The van der Waals surface area contributed by atoms with Crippen molar-refractivity contribution in [3.8, 4) is 33.4 Å². The molecule has 0 fully saturated rings. The van der Waals surface area contributed by atoms with Gasteiger partial charge >= 0.3 is 0 Å². The van der Waals surface area contributed by atoms with Gasteiger partial charge in [0.15, 0.2) is 0 Å². The van der Waals surface area contributed by atoms with E-state index in [1.54, 1.807) is 0 Å². The summed E-state index contributed by atoms with van der Waals surface area (Å²) in [5.41, 5.74) is 14.0. The Bertz CT molecular complexity index is 1570. The number of allylic oxidation sites excluding steroid dienone is 2. The van der Waals surface area contributed by atoms with Crippen LogP contribution < -0.4 is 0 Å². The smallest absolute Gasteiger partial charge is 0.0352 e. The molecule has 3 aromatic carbocycles. The van der Waals surface area contributed by atoms with Crippen molar-refractivity contribution in [3.63, 3.8) is 0 Å². The third-order valence-corrected chi connectivity index (χ3v) is 7.08. The highest BCUT2D eigenvalue weighted by atomic mass is 32.1. The minimum Gasteiger partial charge on any atom is -0.264 e. The van der Waals surface area contributed by atoms with E-state index >= 15 is 0 Å². The van der Waals surface area contributed by atoms with Gasteiger partial charge in [0.05, 0.1) is 0 Å². The molecule has 0 radical (unpaired) electrons. The Morgan fingerprint density at radius 2 is 1.47 bits per heavy atom. The molecule has 0 bridgehead atoms. The number of aryl methyl sites for hydroxylation is 1. The van der Waals surface area contributed by atoms with Crippen LogP contribution in [0, 0.1) is 0 Å². The summed E-state index contributed by atoms with van der Waals surface area (Å²) in [6.45, 7) is 14.2. The van der Waals surface area contributed by atoms with Gasteiger partial charge in [-0.2, -0.15) is 13.5 Å². The van der Waals surface area contributed by atoms with E-state index < -0.39 is 0 Å². The molecule has 5 rings (SSSR count). The predicted octanol–water partition coefficient (Wildman–Crippen LogP) is 10.1. The van der Waals surface area contributed by atoms with Gasteiger partial charge in [0.1, 0.15) is 0 Å². The first-order chi connectivity index (χ1) is 18.2. The van der Waals surface area contributed by atoms with Crippen molar-refractivity contribution in [2.75, 3.05) is 0 Å². The van der Waals surface area contributed by atoms with Gasteiger partial charge in [0.25, 0.3) is 0 Å². The van der Waals surface area contributed by atoms with E-state index in [-0.39, 0.29) is 13.5 Å². The van der Waals surface area contributed by atoms with Crippen molar-refractivity contribution in [2.24, 2.45) is 0 Å². The second-order valence-electron chi connectivity index (χ2n) is 9.23. The maximum atomic E-state index is 4.53. The molecule has 2 heteroatoms. The Hall–Kier alpha value is -4.14. The Balaban J connectivity index is 0.00000336. The van der Waals surface area contributed by atoms with Crippen LogP contribution >= 0.6 is 13.5 Å². The van der Waals surface area contributed by atoms with E-state index in [9.17, 15) is 0 Å². The minimum atomic E-state index is 0. The fraction of sp³-hybridized carbons (Fsp3) is 0.0833. The summed E-state index contributed by atoms with van der Waals surface area (Å²) < 4.78 is 0. The Morgan fingerprint density at radius 3 is 2.18 bits per heavy atom. The predicted molar refractivity (Wildman–Crippen MR) is 173 cm³/mol. The van der Waals surface area contributed by atoms with E-state index in [0.29, 0.717) is 0 Å². The molecule has 0 aliphatic heterocycles. The average Bonchev–Trinajstić information content (AvgIpc) is 2.96. The maximum absolute atomic E-state index is 4.53. The standard InChI is InChI=1S/C36H31N.H2S/c1-5-12-34-32(8-4)31(7-3)25(6-2)22-35(34)27-19-17-26(18-20-27)28-14-11-15-29(21-28)36-24-37-23-30-13-9-10-16-33(30)36;/h5-8,10-12,14-24H,2-4,9,13H2,1H3;1H2/b12-5-;. The van der Waals surface area contributed by atoms with Gasteiger partial charge in [-0.3, -0.25) is 4.98 Å². The SMILES string of the molecule is C=Cc1cc(-c2ccc(-c3cccc(-c4cncc5c4C=CCC5)c3)cc2)c(/C=C\C)c(C=C)c1C=C.S. The van der Waals surface area contributed by atoms with Crippen molar-refractivity contribution < 1.29 is 0 Å². The van der Waals surface area contributed by atoms with Gasteiger partial charge in [-0.25, -0.2) is 0 Å². The number of hydrogen-bond donors (Lipinski definition) is 0. The van der Waals surface area contributed by atoms with Crippen molar-refractivity contribution in [2.45, 2.75) is 19.8 Å². The number of fused-ring (bicyclic) bond motifs is 1. The van der Waals surface area contributed by atoms with Gasteiger partial charge < -0.3 is 0 Å². The number of benzene rings is 3. The second-order valence-corrected chi connectivity index (χ2v) is 9.23. The van der Waals surface area contributed by atoms with Crippen molar-refractivity contribution >= 4 is 43.9 Å². The van der Waals surface area contributed by atoms with E-state index in [1.165, 1.54) is 33.4 Å². The van der Waals surface area contributed by atoms with Crippen molar-refractivity contribution in [1.82, 2.24) is 4.98 Å². The first-order valence-corrected chi connectivity index (χ1v) is 12.7. The highest BCUT2D eigenvalue weighted by Crippen LogP contribution is 2.36. The van der Waals surface area contributed by atoms with Crippen LogP contribution in [-0.2, 0) is 6.42 Å². The Kier molecular flexibility index (Phi) is 8.45. The van der Waals surface area contributed by atoms with Crippen LogP contribution in [0.15, 0.2) is 98.9 Å². The third-order valence-electron chi connectivity index (χ3n) is 7.08. The van der Waals surface area contributed by atoms with Gasteiger partial charge in [-0.05, 0) is 93.1 Å². The van der Waals surface area contributed by atoms with Gasteiger partial charge in [-0.15, -0.1) is 0 Å². The molecule has 1 aliphatic carbocycles. The van der Waals surface area contributed by atoms with Crippen LogP contribution in [0.4, 0.5) is 0 Å². The molecule has 4 aromatic rings. The van der Waals surface area contributed by atoms with Gasteiger partial charge in [0, 0.05) is 18.0 Å². The molecule has 0 saturated carbocycles. The summed E-state index contributed by atoms with van der Waals surface area (Å²) in [4.78, 5) is 4.53. The quantitative estimate of drug-likeness (QED) is 0.240. The number of nitrogens with zero attached hydrogens (tertiary/aromatic N) is 1. The zero-order valence-electron chi connectivity index (χ0n) is 21.9. The zero-order valence-corrected chi connectivity index (χ0v) is 22.9. The normalized spacial score (nSPS) is 12.0. The summed E-state index contributed by atoms with van der Waals surface area (Å²) in [7, 11) is 0. The highest BCUT2D eigenvalue weighted by molar-refractivity contribution is 7.59. The van der Waals surface area contributed by atoms with Crippen LogP contribution in [0.5, 0.6) is 0 Å². The van der Waals surface area contributed by atoms with Crippen LogP contribution in [0.25, 0.3) is 63.8 Å². The van der Waals surface area contributed by atoms with Gasteiger partial charge in [0.2, 0.25) is 0 Å². The lowest BCUT2D eigenvalue weighted by molar-refractivity contribution is 0.972. The Morgan fingerprint density at radius 1 is 0.737 bits per heavy atom. The Labute approximate surface area is 233 Å². The summed E-state index contributed by atoms with van der Waals surface area (Å²) in [5.74, 6) is 0. The lowest BCUT2D eigenvalue weighted by Crippen LogP contribution is -1.98. The van der Waals surface area contributed by atoms with Gasteiger partial charge in [-0.1, -0.05) is 105 Å². The third kappa shape index (κ3) is 5.01. The summed E-state index contributed by atoms with van der Waals surface area (Å²) in [6.07, 6.45) is 20.5. The van der Waals surface area contributed by atoms with Crippen LogP contribution in [0.2, 0.25) is 0 Å². The molecule has 0 unspecified atom stereocenters. The molecule has 1 aliphatic rings. The first-order valence-electron chi connectivity index (χ1n) is 12.7. The number of pyridine rings is 1. The maximum Gasteiger partial charge on any atom is 0.0352 e. The molecule has 1 aromatic heterocycles. The largest absolute Gasteiger partial charge is 0.264 e. The molecular weight excluding hydrogens is 478 g/mol. The van der Waals surface area contributed by atoms with E-state index in [0.717, 1.165) is 46.2 Å². The molecule has 0 spiro atoms. The molecule has 0 N–H and O–H groups in total. The highest BCUT2D eigenvalue weighted by Gasteiger charge is 2.14. The molecule has 0 amide bonds. The number of aromatic nitrogens is 1.